The highest BCUT2D eigenvalue weighted by Crippen LogP contribution is 2.21. The molecule has 0 bridgehead atoms. The minimum Gasteiger partial charge on any atom is -0.444 e. The summed E-state index contributed by atoms with van der Waals surface area (Å²) < 4.78 is 19.1. The Bertz CT molecular complexity index is 660. The number of carbonyl (C=O) groups excluding carboxylic acids is 2. The van der Waals surface area contributed by atoms with Crippen molar-refractivity contribution in [1.29, 1.82) is 0 Å². The maximum absolute atomic E-state index is 13.2. The van der Waals surface area contributed by atoms with Crippen molar-refractivity contribution in [3.8, 4) is 0 Å². The predicted octanol–water partition coefficient (Wildman–Crippen LogP) is 3.60. The molecule has 25 heavy (non-hydrogen) atoms. The molecule has 0 aliphatic carbocycles. The third-order valence-corrected chi connectivity index (χ3v) is 4.70. The van der Waals surface area contributed by atoms with Crippen molar-refractivity contribution in [2.45, 2.75) is 45.8 Å². The van der Waals surface area contributed by atoms with Crippen LogP contribution in [0, 0.1) is 5.82 Å². The standard InChI is InChI=1S/C18H24BrFN2O3/c1-12-11-21(7-8-22(12)17(24)25-18(2,3)4)16(23)9-13-5-6-14(20)10-15(13)19/h5-6,10,12H,7-9,11H2,1-4H3/t12-/m1/s1. The van der Waals surface area contributed by atoms with E-state index in [0.29, 0.717) is 24.1 Å². The van der Waals surface area contributed by atoms with Gasteiger partial charge in [0.1, 0.15) is 11.4 Å². The number of amides is 2. The fourth-order valence-electron chi connectivity index (χ4n) is 2.72. The molecule has 1 aliphatic heterocycles. The molecule has 1 aliphatic rings. The van der Waals surface area contributed by atoms with Gasteiger partial charge in [0.15, 0.2) is 0 Å². The van der Waals surface area contributed by atoms with Crippen LogP contribution >= 0.6 is 15.9 Å². The molecule has 1 aromatic rings. The molecule has 0 saturated carbocycles. The minimum atomic E-state index is -0.543. The molecule has 1 fully saturated rings. The lowest BCUT2D eigenvalue weighted by atomic mass is 10.1. The average molecular weight is 415 g/mol. The van der Waals surface area contributed by atoms with Crippen molar-refractivity contribution in [2.75, 3.05) is 19.6 Å². The van der Waals surface area contributed by atoms with Crippen LogP contribution in [-0.2, 0) is 16.0 Å². The highest BCUT2D eigenvalue weighted by atomic mass is 79.9. The Labute approximate surface area is 156 Å². The molecule has 1 heterocycles. The number of ether oxygens (including phenoxy) is 1. The maximum Gasteiger partial charge on any atom is 0.410 e. The third kappa shape index (κ3) is 5.42. The second-order valence-electron chi connectivity index (χ2n) is 7.28. The first kappa shape index (κ1) is 19.7. The molecule has 1 aromatic carbocycles. The van der Waals surface area contributed by atoms with Crippen LogP contribution < -0.4 is 0 Å². The van der Waals surface area contributed by atoms with Gasteiger partial charge >= 0.3 is 6.09 Å². The molecular weight excluding hydrogens is 391 g/mol. The van der Waals surface area contributed by atoms with Gasteiger partial charge in [-0.15, -0.1) is 0 Å². The van der Waals surface area contributed by atoms with E-state index in [0.717, 1.165) is 5.56 Å². The molecule has 1 saturated heterocycles. The van der Waals surface area contributed by atoms with Gasteiger partial charge in [0.25, 0.3) is 0 Å². The lowest BCUT2D eigenvalue weighted by molar-refractivity contribution is -0.133. The van der Waals surface area contributed by atoms with Gasteiger partial charge in [-0.05, 0) is 45.4 Å². The van der Waals surface area contributed by atoms with Crippen molar-refractivity contribution in [3.63, 3.8) is 0 Å². The fourth-order valence-corrected chi connectivity index (χ4v) is 3.21. The minimum absolute atomic E-state index is 0.0389. The monoisotopic (exact) mass is 414 g/mol. The fraction of sp³-hybridized carbons (Fsp3) is 0.556. The van der Waals surface area contributed by atoms with Crippen molar-refractivity contribution in [1.82, 2.24) is 9.80 Å². The summed E-state index contributed by atoms with van der Waals surface area (Å²) in [5, 5.41) is 0. The molecule has 0 spiro atoms. The van der Waals surface area contributed by atoms with Gasteiger partial charge in [-0.25, -0.2) is 9.18 Å². The quantitative estimate of drug-likeness (QED) is 0.742. The lowest BCUT2D eigenvalue weighted by Crippen LogP contribution is -2.56. The number of nitrogens with zero attached hydrogens (tertiary/aromatic N) is 2. The first-order chi connectivity index (χ1) is 11.6. The number of hydrogen-bond acceptors (Lipinski definition) is 3. The summed E-state index contributed by atoms with van der Waals surface area (Å²) >= 11 is 3.29. The zero-order chi connectivity index (χ0) is 18.8. The molecule has 2 amide bonds. The second-order valence-corrected chi connectivity index (χ2v) is 8.13. The molecule has 0 unspecified atom stereocenters. The van der Waals surface area contributed by atoms with Gasteiger partial charge in [-0.2, -0.15) is 0 Å². The number of hydrogen-bond donors (Lipinski definition) is 0. The van der Waals surface area contributed by atoms with E-state index in [2.05, 4.69) is 15.9 Å². The second kappa shape index (κ2) is 7.72. The number of benzene rings is 1. The Morgan fingerprint density at radius 1 is 1.32 bits per heavy atom. The Hall–Kier alpha value is -1.63. The number of halogens is 2. The van der Waals surface area contributed by atoms with Crippen molar-refractivity contribution in [2.24, 2.45) is 0 Å². The molecular formula is C18H24BrFN2O3. The number of piperazine rings is 1. The van der Waals surface area contributed by atoms with Gasteiger partial charge in [-0.3, -0.25) is 4.79 Å². The van der Waals surface area contributed by atoms with Crippen LogP contribution in [0.3, 0.4) is 0 Å². The Morgan fingerprint density at radius 2 is 2.00 bits per heavy atom. The molecule has 138 valence electrons. The van der Waals surface area contributed by atoms with E-state index in [1.807, 2.05) is 27.7 Å². The molecule has 7 heteroatoms. The first-order valence-corrected chi connectivity index (χ1v) is 9.07. The van der Waals surface area contributed by atoms with Crippen LogP contribution in [0.25, 0.3) is 0 Å². The van der Waals surface area contributed by atoms with E-state index in [4.69, 9.17) is 4.74 Å². The van der Waals surface area contributed by atoms with E-state index < -0.39 is 5.60 Å². The van der Waals surface area contributed by atoms with Crippen LogP contribution in [0.2, 0.25) is 0 Å². The largest absolute Gasteiger partial charge is 0.444 e. The zero-order valence-electron chi connectivity index (χ0n) is 15.0. The maximum atomic E-state index is 13.2. The van der Waals surface area contributed by atoms with Crippen LogP contribution in [-0.4, -0.2) is 53.1 Å². The van der Waals surface area contributed by atoms with Gasteiger partial charge in [0.2, 0.25) is 5.91 Å². The Morgan fingerprint density at radius 3 is 2.56 bits per heavy atom. The molecule has 1 atom stereocenters. The van der Waals surface area contributed by atoms with Crippen LogP contribution in [0.5, 0.6) is 0 Å². The van der Waals surface area contributed by atoms with E-state index in [9.17, 15) is 14.0 Å². The van der Waals surface area contributed by atoms with Crippen molar-refractivity contribution in [3.05, 3.63) is 34.1 Å². The topological polar surface area (TPSA) is 49.9 Å². The zero-order valence-corrected chi connectivity index (χ0v) is 16.6. The van der Waals surface area contributed by atoms with E-state index in [1.54, 1.807) is 15.9 Å². The SMILES string of the molecule is C[C@@H]1CN(C(=O)Cc2ccc(F)cc2Br)CCN1C(=O)OC(C)(C)C. The van der Waals surface area contributed by atoms with Gasteiger partial charge < -0.3 is 14.5 Å². The highest BCUT2D eigenvalue weighted by Gasteiger charge is 2.32. The smallest absolute Gasteiger partial charge is 0.410 e. The summed E-state index contributed by atoms with van der Waals surface area (Å²) in [5.41, 5.74) is 0.201. The van der Waals surface area contributed by atoms with Crippen molar-refractivity contribution < 1.29 is 18.7 Å². The lowest BCUT2D eigenvalue weighted by Gasteiger charge is -2.40. The predicted molar refractivity (Wildman–Crippen MR) is 96.8 cm³/mol. The van der Waals surface area contributed by atoms with E-state index in [1.165, 1.54) is 12.1 Å². The summed E-state index contributed by atoms with van der Waals surface area (Å²) in [5.74, 6) is -0.384. The molecule has 2 rings (SSSR count). The van der Waals surface area contributed by atoms with Gasteiger partial charge in [0.05, 0.1) is 6.42 Å². The van der Waals surface area contributed by atoms with Gasteiger partial charge in [0, 0.05) is 30.1 Å². The Balaban J connectivity index is 1.95. The van der Waals surface area contributed by atoms with E-state index in [-0.39, 0.29) is 30.3 Å². The first-order valence-electron chi connectivity index (χ1n) is 8.28. The highest BCUT2D eigenvalue weighted by molar-refractivity contribution is 9.10. The van der Waals surface area contributed by atoms with Crippen LogP contribution in [0.1, 0.15) is 33.3 Å². The van der Waals surface area contributed by atoms with Crippen LogP contribution in [0.4, 0.5) is 9.18 Å². The number of rotatable bonds is 2. The molecule has 0 aromatic heterocycles. The summed E-state index contributed by atoms with van der Waals surface area (Å²) in [7, 11) is 0. The third-order valence-electron chi connectivity index (χ3n) is 3.96. The summed E-state index contributed by atoms with van der Waals surface area (Å²) in [6, 6.07) is 4.18. The number of carbonyl (C=O) groups is 2. The summed E-state index contributed by atoms with van der Waals surface area (Å²) in [4.78, 5) is 28.2. The molecule has 0 N–H and O–H groups in total. The Kier molecular flexibility index (Phi) is 6.08. The van der Waals surface area contributed by atoms with Crippen molar-refractivity contribution >= 4 is 27.9 Å². The average Bonchev–Trinajstić information content (AvgIpc) is 2.48. The normalized spacial score (nSPS) is 18.2. The molecule has 5 nitrogen and oxygen atoms in total. The van der Waals surface area contributed by atoms with Crippen LogP contribution in [0.15, 0.2) is 22.7 Å². The van der Waals surface area contributed by atoms with E-state index >= 15 is 0 Å². The molecule has 0 radical (unpaired) electrons. The summed E-state index contributed by atoms with van der Waals surface area (Å²) in [6.45, 7) is 8.74. The summed E-state index contributed by atoms with van der Waals surface area (Å²) in [6.07, 6.45) is -0.159. The van der Waals surface area contributed by atoms with Gasteiger partial charge in [-0.1, -0.05) is 22.0 Å².